The van der Waals surface area contributed by atoms with Gasteiger partial charge in [-0.05, 0) is 63.2 Å². The molecule has 1 heterocycles. The maximum absolute atomic E-state index is 12.7. The van der Waals surface area contributed by atoms with Gasteiger partial charge in [0, 0.05) is 16.8 Å². The molecule has 0 aliphatic carbocycles. The van der Waals surface area contributed by atoms with E-state index in [1.54, 1.807) is 45.0 Å². The normalized spacial score (nSPS) is 11.0. The highest BCUT2D eigenvalue weighted by molar-refractivity contribution is 7.92. The van der Waals surface area contributed by atoms with Crippen LogP contribution in [0.1, 0.15) is 37.8 Å². The van der Waals surface area contributed by atoms with Crippen molar-refractivity contribution in [2.24, 2.45) is 0 Å². The Morgan fingerprint density at radius 2 is 1.56 bits per heavy atom. The Kier molecular flexibility index (Phi) is 6.54. The molecule has 0 aliphatic heterocycles. The molecule has 10 heteroatoms. The van der Waals surface area contributed by atoms with Crippen LogP contribution in [0.2, 0.25) is 0 Å². The number of anilines is 1. The molecule has 2 amide bonds. The zero-order valence-electron chi connectivity index (χ0n) is 18.0. The first kappa shape index (κ1) is 22.9. The largest absolute Gasteiger partial charge is 0.497 e. The number of hydrogen-bond donors (Lipinski definition) is 3. The number of aryl methyl sites for hydroxylation is 2. The van der Waals surface area contributed by atoms with E-state index < -0.39 is 21.8 Å². The Hall–Kier alpha value is -3.79. The summed E-state index contributed by atoms with van der Waals surface area (Å²) >= 11 is 0. The van der Waals surface area contributed by atoms with Gasteiger partial charge in [-0.2, -0.15) is 0 Å². The van der Waals surface area contributed by atoms with Crippen LogP contribution in [0.15, 0.2) is 57.8 Å². The van der Waals surface area contributed by atoms with E-state index in [4.69, 9.17) is 9.15 Å². The van der Waals surface area contributed by atoms with E-state index in [-0.39, 0.29) is 10.5 Å². The number of sulfonamides is 1. The Morgan fingerprint density at radius 3 is 2.16 bits per heavy atom. The number of ether oxygens (including phenoxy) is 1. The van der Waals surface area contributed by atoms with E-state index in [0.717, 1.165) is 0 Å². The average Bonchev–Trinajstić information content (AvgIpc) is 3.03. The van der Waals surface area contributed by atoms with Crippen molar-refractivity contribution in [3.8, 4) is 5.75 Å². The van der Waals surface area contributed by atoms with Gasteiger partial charge < -0.3 is 9.15 Å². The third-order valence-electron chi connectivity index (χ3n) is 4.83. The number of amides is 2. The molecule has 32 heavy (non-hydrogen) atoms. The minimum absolute atomic E-state index is 0.0553. The molecular weight excluding hydrogens is 434 g/mol. The number of rotatable bonds is 6. The van der Waals surface area contributed by atoms with Crippen molar-refractivity contribution >= 4 is 27.5 Å². The fourth-order valence-corrected chi connectivity index (χ4v) is 4.16. The molecule has 2 aromatic carbocycles. The van der Waals surface area contributed by atoms with Crippen molar-refractivity contribution in [2.45, 2.75) is 25.7 Å². The third kappa shape index (κ3) is 4.92. The predicted molar refractivity (Wildman–Crippen MR) is 118 cm³/mol. The molecule has 0 spiro atoms. The van der Waals surface area contributed by atoms with Gasteiger partial charge in [0.15, 0.2) is 0 Å². The van der Waals surface area contributed by atoms with E-state index in [1.807, 2.05) is 0 Å². The number of hydrogen-bond acceptors (Lipinski definition) is 6. The van der Waals surface area contributed by atoms with Crippen LogP contribution in [-0.4, -0.2) is 27.3 Å². The summed E-state index contributed by atoms with van der Waals surface area (Å²) in [7, 11) is -2.43. The van der Waals surface area contributed by atoms with Gasteiger partial charge >= 0.3 is 0 Å². The lowest BCUT2D eigenvalue weighted by Gasteiger charge is -2.11. The Morgan fingerprint density at radius 1 is 0.906 bits per heavy atom. The van der Waals surface area contributed by atoms with Gasteiger partial charge in [0.2, 0.25) is 0 Å². The summed E-state index contributed by atoms with van der Waals surface area (Å²) in [5, 5.41) is 0. The minimum Gasteiger partial charge on any atom is -0.497 e. The van der Waals surface area contributed by atoms with Gasteiger partial charge in [-0.1, -0.05) is 6.07 Å². The standard InChI is InChI=1S/C22H23N3O6S/c1-13-14(2)31-15(3)20(13)22(27)24-23-21(26)16-6-5-7-19(12-16)32(28,29)25-17-8-10-18(30-4)11-9-17/h5-12,25H,1-4H3,(H,23,26)(H,24,27). The van der Waals surface area contributed by atoms with E-state index >= 15 is 0 Å². The average molecular weight is 458 g/mol. The van der Waals surface area contributed by atoms with Crippen molar-refractivity contribution < 1.29 is 27.2 Å². The highest BCUT2D eigenvalue weighted by Gasteiger charge is 2.20. The second-order valence-corrected chi connectivity index (χ2v) is 8.67. The summed E-state index contributed by atoms with van der Waals surface area (Å²) in [4.78, 5) is 24.8. The molecule has 0 unspecified atom stereocenters. The van der Waals surface area contributed by atoms with Crippen molar-refractivity contribution in [1.29, 1.82) is 0 Å². The topological polar surface area (TPSA) is 127 Å². The molecule has 0 saturated carbocycles. The lowest BCUT2D eigenvalue weighted by Crippen LogP contribution is -2.42. The van der Waals surface area contributed by atoms with Crippen molar-refractivity contribution in [3.63, 3.8) is 0 Å². The number of nitrogens with one attached hydrogen (secondary N) is 3. The zero-order chi connectivity index (χ0) is 23.5. The van der Waals surface area contributed by atoms with Crippen molar-refractivity contribution in [2.75, 3.05) is 11.8 Å². The summed E-state index contributed by atoms with van der Waals surface area (Å²) in [5.74, 6) is 0.431. The van der Waals surface area contributed by atoms with E-state index in [1.165, 1.54) is 31.4 Å². The Bertz CT molecular complexity index is 1260. The summed E-state index contributed by atoms with van der Waals surface area (Å²) in [6.45, 7) is 5.14. The molecule has 0 atom stereocenters. The van der Waals surface area contributed by atoms with Crippen LogP contribution in [0.5, 0.6) is 5.75 Å². The molecule has 0 aliphatic rings. The van der Waals surface area contributed by atoms with Crippen LogP contribution < -0.4 is 20.3 Å². The Labute approximate surface area is 185 Å². The van der Waals surface area contributed by atoms with Crippen LogP contribution in [0.3, 0.4) is 0 Å². The summed E-state index contributed by atoms with van der Waals surface area (Å²) in [6, 6.07) is 11.8. The smallest absolute Gasteiger partial charge is 0.273 e. The number of benzene rings is 2. The second-order valence-electron chi connectivity index (χ2n) is 6.98. The fourth-order valence-electron chi connectivity index (χ4n) is 3.05. The molecule has 0 bridgehead atoms. The quantitative estimate of drug-likeness (QED) is 0.488. The van der Waals surface area contributed by atoms with E-state index in [2.05, 4.69) is 15.6 Å². The van der Waals surface area contributed by atoms with Gasteiger partial charge in [0.25, 0.3) is 21.8 Å². The van der Waals surface area contributed by atoms with Gasteiger partial charge in [0.05, 0.1) is 17.6 Å². The highest BCUT2D eigenvalue weighted by atomic mass is 32.2. The van der Waals surface area contributed by atoms with Gasteiger partial charge in [-0.25, -0.2) is 8.42 Å². The van der Waals surface area contributed by atoms with Crippen LogP contribution in [-0.2, 0) is 10.0 Å². The molecular formula is C22H23N3O6S. The maximum Gasteiger partial charge on any atom is 0.273 e. The van der Waals surface area contributed by atoms with Crippen molar-refractivity contribution in [3.05, 3.63) is 76.7 Å². The number of hydrazine groups is 1. The second kappa shape index (κ2) is 9.15. The SMILES string of the molecule is COc1ccc(NS(=O)(=O)c2cccc(C(=O)NNC(=O)c3c(C)oc(C)c3C)c2)cc1. The number of furan rings is 1. The highest BCUT2D eigenvalue weighted by Crippen LogP contribution is 2.21. The summed E-state index contributed by atoms with van der Waals surface area (Å²) in [6.07, 6.45) is 0. The molecule has 0 radical (unpaired) electrons. The van der Waals surface area contributed by atoms with Gasteiger partial charge in [-0.15, -0.1) is 0 Å². The first-order chi connectivity index (χ1) is 15.1. The molecule has 3 rings (SSSR count). The van der Waals surface area contributed by atoms with Gasteiger partial charge in [0.1, 0.15) is 17.3 Å². The molecule has 0 fully saturated rings. The summed E-state index contributed by atoms with van der Waals surface area (Å²) < 4.78 is 38.3. The van der Waals surface area contributed by atoms with Crippen LogP contribution in [0.4, 0.5) is 5.69 Å². The predicted octanol–water partition coefficient (Wildman–Crippen LogP) is 3.09. The maximum atomic E-state index is 12.7. The molecule has 0 saturated heterocycles. The lowest BCUT2D eigenvalue weighted by atomic mass is 10.1. The zero-order valence-corrected chi connectivity index (χ0v) is 18.8. The molecule has 9 nitrogen and oxygen atoms in total. The van der Waals surface area contributed by atoms with E-state index in [9.17, 15) is 18.0 Å². The lowest BCUT2D eigenvalue weighted by molar-refractivity contribution is 0.0845. The molecule has 3 aromatic rings. The fraction of sp³-hybridized carbons (Fsp3) is 0.182. The van der Waals surface area contributed by atoms with Crippen LogP contribution >= 0.6 is 0 Å². The molecule has 3 N–H and O–H groups in total. The number of methoxy groups -OCH3 is 1. The van der Waals surface area contributed by atoms with E-state index in [0.29, 0.717) is 34.1 Å². The molecule has 168 valence electrons. The van der Waals surface area contributed by atoms with Crippen LogP contribution in [0.25, 0.3) is 0 Å². The first-order valence-corrected chi connectivity index (χ1v) is 11.0. The van der Waals surface area contributed by atoms with Gasteiger partial charge in [-0.3, -0.25) is 25.2 Å². The number of carbonyl (C=O) groups is 2. The first-order valence-electron chi connectivity index (χ1n) is 9.56. The van der Waals surface area contributed by atoms with Crippen LogP contribution in [0, 0.1) is 20.8 Å². The number of carbonyl (C=O) groups excluding carboxylic acids is 2. The third-order valence-corrected chi connectivity index (χ3v) is 6.21. The monoisotopic (exact) mass is 457 g/mol. The van der Waals surface area contributed by atoms with Crippen molar-refractivity contribution in [1.82, 2.24) is 10.9 Å². The Balaban J connectivity index is 1.71. The summed E-state index contributed by atoms with van der Waals surface area (Å²) in [5.41, 5.74) is 6.02. The molecule has 1 aromatic heterocycles. The minimum atomic E-state index is -3.94.